The summed E-state index contributed by atoms with van der Waals surface area (Å²) in [6.45, 7) is 1.60. The third-order valence-electron chi connectivity index (χ3n) is 4.88. The molecule has 5 nitrogen and oxygen atoms in total. The van der Waals surface area contributed by atoms with Crippen LogP contribution in [0.5, 0.6) is 0 Å². The molecule has 1 aromatic carbocycles. The van der Waals surface area contributed by atoms with Crippen molar-refractivity contribution in [1.29, 1.82) is 0 Å². The summed E-state index contributed by atoms with van der Waals surface area (Å²) >= 11 is 0. The Balaban J connectivity index is 1.51. The van der Waals surface area contributed by atoms with Crippen molar-refractivity contribution in [2.45, 2.75) is 19.3 Å². The van der Waals surface area contributed by atoms with Crippen molar-refractivity contribution in [3.63, 3.8) is 0 Å². The topological polar surface area (TPSA) is 59.0 Å². The minimum Gasteiger partial charge on any atom is -0.338 e. The average molecular weight is 332 g/mol. The lowest BCUT2D eigenvalue weighted by molar-refractivity contribution is 0.0673. The second kappa shape index (κ2) is 6.97. The number of rotatable bonds is 3. The van der Waals surface area contributed by atoms with Crippen LogP contribution in [-0.2, 0) is 6.42 Å². The molecule has 25 heavy (non-hydrogen) atoms. The van der Waals surface area contributed by atoms with Crippen LogP contribution in [0.2, 0.25) is 0 Å². The summed E-state index contributed by atoms with van der Waals surface area (Å²) in [5.41, 5.74) is 2.96. The number of pyridine rings is 1. The molecule has 2 aromatic heterocycles. The van der Waals surface area contributed by atoms with E-state index in [1.54, 1.807) is 18.5 Å². The molecule has 0 N–H and O–H groups in total. The third-order valence-corrected chi connectivity index (χ3v) is 4.88. The molecule has 1 fully saturated rings. The fraction of sp³-hybridized carbons (Fsp3) is 0.300. The van der Waals surface area contributed by atoms with Crippen LogP contribution in [-0.4, -0.2) is 39.1 Å². The summed E-state index contributed by atoms with van der Waals surface area (Å²) in [4.78, 5) is 19.1. The fourth-order valence-electron chi connectivity index (χ4n) is 3.67. The Labute approximate surface area is 146 Å². The molecule has 126 valence electrons. The van der Waals surface area contributed by atoms with E-state index >= 15 is 0 Å². The van der Waals surface area contributed by atoms with Crippen molar-refractivity contribution in [2.75, 3.05) is 13.1 Å². The predicted octanol–water partition coefficient (Wildman–Crippen LogP) is 3.12. The lowest BCUT2D eigenvalue weighted by Crippen LogP contribution is -2.40. The highest BCUT2D eigenvalue weighted by molar-refractivity contribution is 5.93. The SMILES string of the molecule is O=C(c1ccnnc1)N1CCCC(Cc2cccc3ncccc23)C1. The monoisotopic (exact) mass is 332 g/mol. The first-order chi connectivity index (χ1) is 12.3. The highest BCUT2D eigenvalue weighted by Crippen LogP contribution is 2.25. The Hall–Kier alpha value is -2.82. The second-order valence-corrected chi connectivity index (χ2v) is 6.58. The van der Waals surface area contributed by atoms with Crippen molar-refractivity contribution in [2.24, 2.45) is 5.92 Å². The first kappa shape index (κ1) is 15.7. The van der Waals surface area contributed by atoms with E-state index in [4.69, 9.17) is 0 Å². The number of hydrogen-bond donors (Lipinski definition) is 0. The first-order valence-corrected chi connectivity index (χ1v) is 8.70. The summed E-state index contributed by atoms with van der Waals surface area (Å²) < 4.78 is 0. The summed E-state index contributed by atoms with van der Waals surface area (Å²) in [7, 11) is 0. The van der Waals surface area contributed by atoms with Crippen LogP contribution in [0.1, 0.15) is 28.8 Å². The van der Waals surface area contributed by atoms with Crippen LogP contribution in [0.15, 0.2) is 55.0 Å². The summed E-state index contributed by atoms with van der Waals surface area (Å²) in [6.07, 6.45) is 8.10. The van der Waals surface area contributed by atoms with Gasteiger partial charge in [0.2, 0.25) is 0 Å². The molecule has 0 aliphatic carbocycles. The average Bonchev–Trinajstić information content (AvgIpc) is 2.69. The van der Waals surface area contributed by atoms with Gasteiger partial charge in [-0.05, 0) is 48.9 Å². The Morgan fingerprint density at radius 3 is 2.96 bits per heavy atom. The lowest BCUT2D eigenvalue weighted by atomic mass is 9.89. The van der Waals surface area contributed by atoms with Crippen molar-refractivity contribution in [1.82, 2.24) is 20.1 Å². The fourth-order valence-corrected chi connectivity index (χ4v) is 3.67. The maximum atomic E-state index is 12.7. The molecule has 0 saturated carbocycles. The van der Waals surface area contributed by atoms with Gasteiger partial charge >= 0.3 is 0 Å². The molecule has 0 spiro atoms. The number of benzene rings is 1. The van der Waals surface area contributed by atoms with Gasteiger partial charge in [0.1, 0.15) is 0 Å². The van der Waals surface area contributed by atoms with Crippen molar-refractivity contribution < 1.29 is 4.79 Å². The van der Waals surface area contributed by atoms with Crippen molar-refractivity contribution in [3.05, 3.63) is 66.1 Å². The highest BCUT2D eigenvalue weighted by Gasteiger charge is 2.25. The van der Waals surface area contributed by atoms with Gasteiger partial charge < -0.3 is 4.90 Å². The number of nitrogens with zero attached hydrogens (tertiary/aromatic N) is 4. The molecule has 1 saturated heterocycles. The van der Waals surface area contributed by atoms with Gasteiger partial charge in [-0.3, -0.25) is 9.78 Å². The Morgan fingerprint density at radius 2 is 2.08 bits per heavy atom. The maximum Gasteiger partial charge on any atom is 0.255 e. The molecular formula is C20H20N4O. The van der Waals surface area contributed by atoms with E-state index in [-0.39, 0.29) is 5.91 Å². The summed E-state index contributed by atoms with van der Waals surface area (Å²) in [5.74, 6) is 0.525. The molecule has 1 amide bonds. The minimum atomic E-state index is 0.0548. The van der Waals surface area contributed by atoms with Crippen LogP contribution in [0.25, 0.3) is 10.9 Å². The normalized spacial score (nSPS) is 17.6. The third kappa shape index (κ3) is 3.36. The van der Waals surface area contributed by atoms with Gasteiger partial charge in [0.15, 0.2) is 0 Å². The van der Waals surface area contributed by atoms with E-state index in [0.717, 1.165) is 37.9 Å². The van der Waals surface area contributed by atoms with Crippen LogP contribution >= 0.6 is 0 Å². The Bertz CT molecular complexity index is 876. The van der Waals surface area contributed by atoms with Gasteiger partial charge in [0, 0.05) is 24.7 Å². The molecule has 3 heterocycles. The van der Waals surface area contributed by atoms with E-state index in [2.05, 4.69) is 33.4 Å². The molecular weight excluding hydrogens is 312 g/mol. The minimum absolute atomic E-state index is 0.0548. The van der Waals surface area contributed by atoms with Crippen LogP contribution < -0.4 is 0 Å². The number of fused-ring (bicyclic) bond motifs is 1. The molecule has 3 aromatic rings. The maximum absolute atomic E-state index is 12.7. The summed E-state index contributed by atoms with van der Waals surface area (Å²) in [5, 5.41) is 8.78. The number of hydrogen-bond acceptors (Lipinski definition) is 4. The van der Waals surface area contributed by atoms with Crippen molar-refractivity contribution >= 4 is 16.8 Å². The molecule has 4 rings (SSSR count). The molecule has 1 aliphatic heterocycles. The van der Waals surface area contributed by atoms with E-state index in [9.17, 15) is 4.79 Å². The quantitative estimate of drug-likeness (QED) is 0.739. The van der Waals surface area contributed by atoms with Crippen molar-refractivity contribution in [3.8, 4) is 0 Å². The molecule has 1 atom stereocenters. The van der Waals surface area contributed by atoms with Gasteiger partial charge in [-0.15, -0.1) is 0 Å². The van der Waals surface area contributed by atoms with Crippen LogP contribution in [0, 0.1) is 5.92 Å². The highest BCUT2D eigenvalue weighted by atomic mass is 16.2. The number of carbonyl (C=O) groups is 1. The predicted molar refractivity (Wildman–Crippen MR) is 96.1 cm³/mol. The zero-order valence-corrected chi connectivity index (χ0v) is 14.0. The number of likely N-dealkylation sites (tertiary alicyclic amines) is 1. The van der Waals surface area contributed by atoms with E-state index in [0.29, 0.717) is 11.5 Å². The Morgan fingerprint density at radius 1 is 1.12 bits per heavy atom. The standard InChI is InChI=1S/C20H20N4O/c25-20(17-8-10-22-23-13-17)24-11-3-4-15(14-24)12-16-5-1-7-19-18(16)6-2-9-21-19/h1-2,5-10,13,15H,3-4,11-12,14H2. The Kier molecular flexibility index (Phi) is 4.37. The smallest absolute Gasteiger partial charge is 0.255 e. The molecule has 5 heteroatoms. The summed E-state index contributed by atoms with van der Waals surface area (Å²) in [6, 6.07) is 12.1. The first-order valence-electron chi connectivity index (χ1n) is 8.70. The zero-order valence-electron chi connectivity index (χ0n) is 14.0. The molecule has 0 radical (unpaired) electrons. The number of aromatic nitrogens is 3. The van der Waals surface area contributed by atoms with E-state index in [1.165, 1.54) is 10.9 Å². The second-order valence-electron chi connectivity index (χ2n) is 6.58. The number of piperidine rings is 1. The van der Waals surface area contributed by atoms with Crippen LogP contribution in [0.3, 0.4) is 0 Å². The van der Waals surface area contributed by atoms with Gasteiger partial charge in [-0.25, -0.2) is 0 Å². The molecule has 1 unspecified atom stereocenters. The number of amides is 1. The van der Waals surface area contributed by atoms with Gasteiger partial charge in [0.25, 0.3) is 5.91 Å². The lowest BCUT2D eigenvalue weighted by Gasteiger charge is -2.33. The van der Waals surface area contributed by atoms with Crippen LogP contribution in [0.4, 0.5) is 0 Å². The van der Waals surface area contributed by atoms with E-state index in [1.807, 2.05) is 23.2 Å². The zero-order chi connectivity index (χ0) is 17.1. The van der Waals surface area contributed by atoms with Gasteiger partial charge in [-0.1, -0.05) is 18.2 Å². The van der Waals surface area contributed by atoms with Gasteiger partial charge in [0.05, 0.1) is 23.5 Å². The van der Waals surface area contributed by atoms with E-state index < -0.39 is 0 Å². The molecule has 1 aliphatic rings. The largest absolute Gasteiger partial charge is 0.338 e. The number of carbonyl (C=O) groups excluding carboxylic acids is 1. The van der Waals surface area contributed by atoms with Gasteiger partial charge in [-0.2, -0.15) is 10.2 Å². The molecule has 0 bridgehead atoms.